The van der Waals surface area contributed by atoms with Crippen molar-refractivity contribution in [2.45, 2.75) is 13.5 Å². The molecule has 1 heterocycles. The molecule has 0 saturated heterocycles. The standard InChI is InChI=1S/C5H8BN/c1-2-7-4-3-6-5-7/h3-5H,2H2,1H3. The molecule has 0 aromatic carbocycles. The zero-order valence-electron chi connectivity index (χ0n) is 4.46. The maximum absolute atomic E-state index is 2.12. The van der Waals surface area contributed by atoms with Gasteiger partial charge in [0, 0.05) is 0 Å². The summed E-state index contributed by atoms with van der Waals surface area (Å²) in [6.07, 6.45) is 4.11. The third-order valence-electron chi connectivity index (χ3n) is 1.03. The van der Waals surface area contributed by atoms with Crippen molar-refractivity contribution in [3.63, 3.8) is 0 Å². The van der Waals surface area contributed by atoms with Gasteiger partial charge in [-0.1, -0.05) is 0 Å². The molecule has 0 radical (unpaired) electrons. The van der Waals surface area contributed by atoms with Gasteiger partial charge in [-0.05, 0) is 0 Å². The van der Waals surface area contributed by atoms with Crippen molar-refractivity contribution in [2.75, 3.05) is 0 Å². The molecule has 1 nitrogen and oxygen atoms in total. The molecule has 0 N–H and O–H groups in total. The fraction of sp³-hybridized carbons (Fsp3) is 0.400. The van der Waals surface area contributed by atoms with Crippen LogP contribution >= 0.6 is 0 Å². The van der Waals surface area contributed by atoms with Gasteiger partial charge in [-0.15, -0.1) is 0 Å². The predicted molar refractivity (Wildman–Crippen MR) is 31.5 cm³/mol. The van der Waals surface area contributed by atoms with Crippen LogP contribution in [0, 0.1) is 0 Å². The summed E-state index contributed by atoms with van der Waals surface area (Å²) in [7, 11) is 0. The van der Waals surface area contributed by atoms with Gasteiger partial charge < -0.3 is 0 Å². The van der Waals surface area contributed by atoms with Crippen molar-refractivity contribution < 1.29 is 0 Å². The normalized spacial score (nSPS) is 8.71. The summed E-state index contributed by atoms with van der Waals surface area (Å²) in [6.45, 7) is 5.23. The quantitative estimate of drug-likeness (QED) is 0.484. The van der Waals surface area contributed by atoms with E-state index in [1.54, 1.807) is 0 Å². The monoisotopic (exact) mass is 93.1 g/mol. The SMILES string of the molecule is CCn1cbcc1. The fourth-order valence-electron chi connectivity index (χ4n) is 0.581. The van der Waals surface area contributed by atoms with Gasteiger partial charge in [-0.3, -0.25) is 0 Å². The Morgan fingerprint density at radius 2 is 2.57 bits per heavy atom. The Kier molecular flexibility index (Phi) is 1.30. The zero-order chi connectivity index (χ0) is 5.11. The fourth-order valence-corrected chi connectivity index (χ4v) is 0.581. The first kappa shape index (κ1) is 4.63. The molecule has 0 saturated carbocycles. The molecule has 1 rings (SSSR count). The van der Waals surface area contributed by atoms with E-state index in [0.717, 1.165) is 6.54 Å². The Morgan fingerprint density at radius 1 is 1.71 bits per heavy atom. The topological polar surface area (TPSA) is 4.93 Å². The van der Waals surface area contributed by atoms with Gasteiger partial charge in [0.15, 0.2) is 0 Å². The molecular formula is C5H8BN. The van der Waals surface area contributed by atoms with Crippen LogP contribution < -0.4 is 0 Å². The predicted octanol–water partition coefficient (Wildman–Crippen LogP) is 0.846. The van der Waals surface area contributed by atoms with Crippen molar-refractivity contribution in [3.8, 4) is 0 Å². The van der Waals surface area contributed by atoms with E-state index >= 15 is 0 Å². The van der Waals surface area contributed by atoms with Gasteiger partial charge in [-0.2, -0.15) is 0 Å². The van der Waals surface area contributed by atoms with E-state index in [2.05, 4.69) is 23.8 Å². The van der Waals surface area contributed by atoms with E-state index in [9.17, 15) is 0 Å². The number of hydrogen-bond donors (Lipinski definition) is 0. The van der Waals surface area contributed by atoms with Gasteiger partial charge in [0.25, 0.3) is 0 Å². The number of hydrogen-bond acceptors (Lipinski definition) is 0. The molecule has 0 unspecified atom stereocenters. The minimum absolute atomic E-state index is 1.08. The summed E-state index contributed by atoms with van der Waals surface area (Å²) in [6, 6.07) is 0. The molecule has 1 aromatic rings. The molecule has 0 spiro atoms. The molecule has 7 heavy (non-hydrogen) atoms. The third kappa shape index (κ3) is 0.920. The first-order chi connectivity index (χ1) is 3.43. The number of rotatable bonds is 1. The van der Waals surface area contributed by atoms with Crippen molar-refractivity contribution in [1.82, 2.24) is 4.57 Å². The minimum atomic E-state index is 1.08. The average Bonchev–Trinajstić information content (AvgIpc) is 2.14. The summed E-state index contributed by atoms with van der Waals surface area (Å²) >= 11 is 0. The molecular weight excluding hydrogens is 84.9 g/mol. The molecule has 2 heteroatoms. The second kappa shape index (κ2) is 1.96. The second-order valence-corrected chi connectivity index (χ2v) is 1.51. The van der Waals surface area contributed by atoms with Crippen LogP contribution in [0.1, 0.15) is 6.92 Å². The molecule has 0 aliphatic carbocycles. The number of aryl methyl sites for hydroxylation is 1. The number of aromatic nitrogens is 1. The van der Waals surface area contributed by atoms with Crippen LogP contribution in [-0.2, 0) is 6.54 Å². The zero-order valence-corrected chi connectivity index (χ0v) is 4.46. The van der Waals surface area contributed by atoms with Crippen molar-refractivity contribution in [1.29, 1.82) is 0 Å². The van der Waals surface area contributed by atoms with Crippen molar-refractivity contribution in [3.05, 3.63) is 18.3 Å². The van der Waals surface area contributed by atoms with Gasteiger partial charge >= 0.3 is 43.2 Å². The molecule has 36 valence electrons. The molecule has 1 aromatic heterocycles. The van der Waals surface area contributed by atoms with E-state index in [1.807, 2.05) is 12.9 Å². The van der Waals surface area contributed by atoms with E-state index in [1.165, 1.54) is 0 Å². The van der Waals surface area contributed by atoms with Gasteiger partial charge in [-0.25, -0.2) is 0 Å². The Labute approximate surface area is 44.2 Å². The Hall–Kier alpha value is -0.525. The summed E-state index contributed by atoms with van der Waals surface area (Å²) < 4.78 is 2.12. The van der Waals surface area contributed by atoms with Gasteiger partial charge in [0.2, 0.25) is 0 Å². The van der Waals surface area contributed by atoms with Crippen LogP contribution in [-0.4, -0.2) is 11.5 Å². The molecule has 0 aliphatic heterocycles. The van der Waals surface area contributed by atoms with E-state index < -0.39 is 0 Å². The van der Waals surface area contributed by atoms with E-state index in [-0.39, 0.29) is 0 Å². The van der Waals surface area contributed by atoms with Crippen LogP contribution in [0.4, 0.5) is 0 Å². The van der Waals surface area contributed by atoms with Crippen molar-refractivity contribution >= 4 is 6.91 Å². The molecule has 0 bridgehead atoms. The maximum atomic E-state index is 2.12. The number of nitrogens with zero attached hydrogens (tertiary/aromatic N) is 1. The first-order valence-corrected chi connectivity index (χ1v) is 2.54. The Balaban J connectivity index is 2.76. The Bertz CT molecular complexity index is 123. The van der Waals surface area contributed by atoms with Crippen LogP contribution in [0.5, 0.6) is 0 Å². The van der Waals surface area contributed by atoms with Gasteiger partial charge in [0.05, 0.1) is 0 Å². The summed E-state index contributed by atoms with van der Waals surface area (Å²) in [5.41, 5.74) is 0. The average molecular weight is 92.9 g/mol. The first-order valence-electron chi connectivity index (χ1n) is 2.54. The second-order valence-electron chi connectivity index (χ2n) is 1.51. The van der Waals surface area contributed by atoms with Gasteiger partial charge in [0.1, 0.15) is 0 Å². The van der Waals surface area contributed by atoms with E-state index in [4.69, 9.17) is 0 Å². The molecule has 0 atom stereocenters. The molecule has 0 amide bonds. The van der Waals surface area contributed by atoms with Crippen molar-refractivity contribution in [2.24, 2.45) is 0 Å². The Morgan fingerprint density at radius 3 is 2.86 bits per heavy atom. The third-order valence-corrected chi connectivity index (χ3v) is 1.03. The van der Waals surface area contributed by atoms with Crippen LogP contribution in [0.25, 0.3) is 0 Å². The van der Waals surface area contributed by atoms with Crippen LogP contribution in [0.2, 0.25) is 0 Å². The molecule has 0 fully saturated rings. The summed E-state index contributed by atoms with van der Waals surface area (Å²) in [5, 5.41) is 0. The summed E-state index contributed by atoms with van der Waals surface area (Å²) in [5.74, 6) is 2.03. The van der Waals surface area contributed by atoms with E-state index in [0.29, 0.717) is 0 Å². The van der Waals surface area contributed by atoms with Crippen LogP contribution in [0.15, 0.2) is 18.3 Å². The summed E-state index contributed by atoms with van der Waals surface area (Å²) in [4.78, 5) is 0. The van der Waals surface area contributed by atoms with Crippen LogP contribution in [0.3, 0.4) is 0 Å². The molecule has 0 aliphatic rings.